The number of hydrogen-bond acceptors (Lipinski definition) is 9. The molecule has 2 aromatic rings. The second-order valence-corrected chi connectivity index (χ2v) is 10.9. The van der Waals surface area contributed by atoms with Crippen molar-refractivity contribution in [3.63, 3.8) is 0 Å². The van der Waals surface area contributed by atoms with E-state index in [1.54, 1.807) is 34.7 Å². The number of nitrogens with one attached hydrogen (secondary N) is 1. The molecule has 4 unspecified atom stereocenters. The average Bonchev–Trinajstić information content (AvgIpc) is 3.31. The van der Waals surface area contributed by atoms with Crippen LogP contribution in [0, 0.1) is 5.41 Å². The molecule has 0 amide bonds. The standard InChI is InChI=1S/C20H34N5O7P/c1-6-19(4,32-33(29,30)20(28,7-2)8-3)9-12-14(26)15(27)18(31-12)25-11-22-13-16(21)24(5)10-23-17(13)25/h10-12,14-15,18,21,26-28H,6-9H2,1-5H3,(H,29,30)/t12?,14?,15-,18-,19?/m1/s1. The summed E-state index contributed by atoms with van der Waals surface area (Å²) in [7, 11) is -2.78. The third-order valence-corrected chi connectivity index (χ3v) is 9.07. The lowest BCUT2D eigenvalue weighted by Gasteiger charge is -2.38. The quantitative estimate of drug-likeness (QED) is 0.325. The molecule has 6 atom stereocenters. The highest BCUT2D eigenvalue weighted by atomic mass is 31.2. The van der Waals surface area contributed by atoms with E-state index >= 15 is 0 Å². The molecule has 0 bridgehead atoms. The van der Waals surface area contributed by atoms with Crippen molar-refractivity contribution in [3.05, 3.63) is 18.1 Å². The molecule has 0 aliphatic carbocycles. The Morgan fingerprint density at radius 1 is 1.18 bits per heavy atom. The van der Waals surface area contributed by atoms with Crippen LogP contribution in [0.4, 0.5) is 0 Å². The number of imidazole rings is 1. The molecule has 1 fully saturated rings. The van der Waals surface area contributed by atoms with E-state index in [0.717, 1.165) is 0 Å². The van der Waals surface area contributed by atoms with Crippen LogP contribution in [0.25, 0.3) is 11.2 Å². The van der Waals surface area contributed by atoms with Crippen molar-refractivity contribution in [3.8, 4) is 0 Å². The Balaban J connectivity index is 1.85. The Labute approximate surface area is 191 Å². The van der Waals surface area contributed by atoms with E-state index in [2.05, 4.69) is 9.97 Å². The number of rotatable bonds is 9. The maximum Gasteiger partial charge on any atom is 0.359 e. The summed E-state index contributed by atoms with van der Waals surface area (Å²) in [5, 5.41) is 38.2. The first-order valence-corrected chi connectivity index (χ1v) is 12.6. The van der Waals surface area contributed by atoms with Gasteiger partial charge < -0.3 is 34.0 Å². The summed E-state index contributed by atoms with van der Waals surface area (Å²) in [6.45, 7) is 6.58. The molecule has 0 spiro atoms. The van der Waals surface area contributed by atoms with E-state index in [9.17, 15) is 24.8 Å². The molecule has 1 saturated heterocycles. The number of aromatic nitrogens is 4. The molecule has 0 saturated carbocycles. The number of fused-ring (bicyclic) bond motifs is 1. The fourth-order valence-electron chi connectivity index (χ4n) is 4.03. The molecular weight excluding hydrogens is 453 g/mol. The minimum atomic E-state index is -4.44. The van der Waals surface area contributed by atoms with Crippen LogP contribution in [-0.2, 0) is 20.9 Å². The largest absolute Gasteiger partial charge is 0.388 e. The maximum atomic E-state index is 12.9. The second kappa shape index (κ2) is 9.18. The first kappa shape index (κ1) is 26.0. The zero-order chi connectivity index (χ0) is 24.8. The Kier molecular flexibility index (Phi) is 7.22. The predicted molar refractivity (Wildman–Crippen MR) is 118 cm³/mol. The monoisotopic (exact) mass is 487 g/mol. The molecule has 13 heteroatoms. The van der Waals surface area contributed by atoms with Crippen LogP contribution in [0.5, 0.6) is 0 Å². The second-order valence-electron chi connectivity index (χ2n) is 8.88. The SMILES string of the molecule is CCC(C)(CC1O[C@@H](n2cnc3c(=N)n(C)cnc32)[C@H](O)C1O)OP(=O)(O)C(O)(CC)CC. The van der Waals surface area contributed by atoms with Gasteiger partial charge in [-0.15, -0.1) is 0 Å². The molecule has 12 nitrogen and oxygen atoms in total. The van der Waals surface area contributed by atoms with E-state index in [-0.39, 0.29) is 24.8 Å². The molecule has 3 rings (SSSR count). The van der Waals surface area contributed by atoms with Crippen molar-refractivity contribution in [2.24, 2.45) is 7.05 Å². The van der Waals surface area contributed by atoms with Gasteiger partial charge in [-0.2, -0.15) is 0 Å². The summed E-state index contributed by atoms with van der Waals surface area (Å²) >= 11 is 0. The lowest BCUT2D eigenvalue weighted by Crippen LogP contribution is -2.40. The van der Waals surface area contributed by atoms with Crippen LogP contribution in [-0.4, -0.2) is 68.6 Å². The molecule has 33 heavy (non-hydrogen) atoms. The smallest absolute Gasteiger partial charge is 0.359 e. The fourth-order valence-corrected chi connectivity index (χ4v) is 5.80. The predicted octanol–water partition coefficient (Wildman–Crippen LogP) is 1.14. The van der Waals surface area contributed by atoms with Crippen LogP contribution in [0.2, 0.25) is 0 Å². The van der Waals surface area contributed by atoms with Gasteiger partial charge in [0.15, 0.2) is 22.7 Å². The molecule has 0 aromatic carbocycles. The molecule has 186 valence electrons. The van der Waals surface area contributed by atoms with Crippen LogP contribution in [0.1, 0.15) is 59.6 Å². The topological polar surface area (TPSA) is 176 Å². The van der Waals surface area contributed by atoms with Gasteiger partial charge >= 0.3 is 7.60 Å². The normalized spacial score (nSPS) is 27.5. The van der Waals surface area contributed by atoms with Gasteiger partial charge in [-0.3, -0.25) is 14.5 Å². The summed E-state index contributed by atoms with van der Waals surface area (Å²) in [5.41, 5.74) is -0.455. The van der Waals surface area contributed by atoms with Crippen molar-refractivity contribution in [1.82, 2.24) is 19.1 Å². The highest BCUT2D eigenvalue weighted by Crippen LogP contribution is 2.60. The van der Waals surface area contributed by atoms with Gasteiger partial charge in [0.05, 0.1) is 24.4 Å². The lowest BCUT2D eigenvalue weighted by molar-refractivity contribution is -0.0696. The van der Waals surface area contributed by atoms with Gasteiger partial charge in [-0.05, 0) is 26.2 Å². The Morgan fingerprint density at radius 3 is 2.39 bits per heavy atom. The Bertz CT molecular complexity index is 1100. The number of aryl methyl sites for hydroxylation is 1. The average molecular weight is 487 g/mol. The van der Waals surface area contributed by atoms with Gasteiger partial charge in [0.25, 0.3) is 0 Å². The van der Waals surface area contributed by atoms with Gasteiger partial charge in [0, 0.05) is 13.5 Å². The van der Waals surface area contributed by atoms with Crippen molar-refractivity contribution >= 4 is 18.8 Å². The minimum absolute atomic E-state index is 0.00893. The number of hydrogen-bond donors (Lipinski definition) is 5. The van der Waals surface area contributed by atoms with E-state index in [0.29, 0.717) is 17.6 Å². The van der Waals surface area contributed by atoms with Crippen LogP contribution in [0.3, 0.4) is 0 Å². The zero-order valence-corrected chi connectivity index (χ0v) is 20.4. The molecule has 2 aromatic heterocycles. The fraction of sp³-hybridized carbons (Fsp3) is 0.750. The molecule has 3 heterocycles. The number of aliphatic hydroxyl groups excluding tert-OH is 2. The molecule has 1 aliphatic heterocycles. The number of aliphatic hydroxyl groups is 3. The number of ether oxygens (including phenoxy) is 1. The van der Waals surface area contributed by atoms with Crippen LogP contribution >= 0.6 is 7.60 Å². The highest BCUT2D eigenvalue weighted by Gasteiger charge is 2.51. The highest BCUT2D eigenvalue weighted by molar-refractivity contribution is 7.54. The summed E-state index contributed by atoms with van der Waals surface area (Å²) in [5.74, 6) is 0. The van der Waals surface area contributed by atoms with E-state index < -0.39 is 43.1 Å². The molecule has 0 radical (unpaired) electrons. The van der Waals surface area contributed by atoms with E-state index in [1.807, 2.05) is 0 Å². The van der Waals surface area contributed by atoms with E-state index in [4.69, 9.17) is 14.7 Å². The minimum Gasteiger partial charge on any atom is -0.388 e. The summed E-state index contributed by atoms with van der Waals surface area (Å²) in [4.78, 5) is 19.0. The lowest BCUT2D eigenvalue weighted by atomic mass is 9.93. The van der Waals surface area contributed by atoms with Crippen molar-refractivity contribution < 1.29 is 34.0 Å². The third kappa shape index (κ3) is 4.53. The molecule has 1 aliphatic rings. The van der Waals surface area contributed by atoms with Gasteiger partial charge in [-0.25, -0.2) is 9.97 Å². The van der Waals surface area contributed by atoms with Crippen LogP contribution in [0.15, 0.2) is 12.7 Å². The van der Waals surface area contributed by atoms with Crippen molar-refractivity contribution in [2.75, 3.05) is 0 Å². The van der Waals surface area contributed by atoms with Gasteiger partial charge in [0.2, 0.25) is 0 Å². The Hall–Kier alpha value is -1.66. The van der Waals surface area contributed by atoms with Gasteiger partial charge in [-0.1, -0.05) is 20.8 Å². The molecule has 5 N–H and O–H groups in total. The summed E-state index contributed by atoms with van der Waals surface area (Å²) in [6.07, 6.45) is -1.41. The molecular formula is C20H34N5O7P. The summed E-state index contributed by atoms with van der Waals surface area (Å²) in [6, 6.07) is 0. The van der Waals surface area contributed by atoms with Crippen LogP contribution < -0.4 is 5.49 Å². The zero-order valence-electron chi connectivity index (χ0n) is 19.5. The Morgan fingerprint density at radius 2 is 1.82 bits per heavy atom. The van der Waals surface area contributed by atoms with E-state index in [1.165, 1.54) is 21.8 Å². The first-order chi connectivity index (χ1) is 15.3. The van der Waals surface area contributed by atoms with Gasteiger partial charge in [0.1, 0.15) is 17.7 Å². The van der Waals surface area contributed by atoms with Crippen molar-refractivity contribution in [2.45, 2.75) is 88.9 Å². The number of nitrogens with zero attached hydrogens (tertiary/aromatic N) is 4. The van der Waals surface area contributed by atoms with Crippen molar-refractivity contribution in [1.29, 1.82) is 5.41 Å². The maximum absolute atomic E-state index is 12.9. The summed E-state index contributed by atoms with van der Waals surface area (Å²) < 4.78 is 27.5. The first-order valence-electron chi connectivity index (χ1n) is 11.0. The third-order valence-electron chi connectivity index (χ3n) is 6.69.